The molecule has 0 saturated heterocycles. The Morgan fingerprint density at radius 2 is 2.06 bits per heavy atom. The lowest BCUT2D eigenvalue weighted by molar-refractivity contribution is -0.121. The number of halogens is 1. The van der Waals surface area contributed by atoms with E-state index in [0.717, 1.165) is 23.7 Å². The van der Waals surface area contributed by atoms with Crippen molar-refractivity contribution < 1.29 is 4.79 Å². The van der Waals surface area contributed by atoms with E-state index >= 15 is 0 Å². The molecule has 1 aromatic carbocycles. The molecule has 18 heavy (non-hydrogen) atoms. The lowest BCUT2D eigenvalue weighted by Crippen LogP contribution is -2.33. The van der Waals surface area contributed by atoms with Crippen molar-refractivity contribution in [1.82, 2.24) is 5.32 Å². The number of alkyl halides is 1. The van der Waals surface area contributed by atoms with E-state index in [4.69, 9.17) is 0 Å². The van der Waals surface area contributed by atoms with E-state index in [1.54, 1.807) is 0 Å². The monoisotopic (exact) mass is 311 g/mol. The molecule has 0 fully saturated rings. The van der Waals surface area contributed by atoms with Crippen molar-refractivity contribution in [2.45, 2.75) is 46.1 Å². The third kappa shape index (κ3) is 5.21. The van der Waals surface area contributed by atoms with Crippen LogP contribution < -0.4 is 5.32 Å². The summed E-state index contributed by atoms with van der Waals surface area (Å²) in [6, 6.07) is 6.46. The summed E-state index contributed by atoms with van der Waals surface area (Å²) in [6.07, 6.45) is 2.58. The van der Waals surface area contributed by atoms with Crippen LogP contribution in [-0.2, 0) is 11.2 Å². The second-order valence-corrected chi connectivity index (χ2v) is 5.69. The zero-order valence-electron chi connectivity index (χ0n) is 11.4. The molecule has 1 unspecified atom stereocenters. The van der Waals surface area contributed by atoms with Gasteiger partial charge >= 0.3 is 0 Å². The summed E-state index contributed by atoms with van der Waals surface area (Å²) in [5, 5.41) is 4.03. The van der Waals surface area contributed by atoms with Crippen molar-refractivity contribution in [3.63, 3.8) is 0 Å². The SMILES string of the molecule is Cc1ccc(CC(=O)NC(C)CCCBr)cc1C. The topological polar surface area (TPSA) is 29.1 Å². The van der Waals surface area contributed by atoms with Gasteiger partial charge in [-0.2, -0.15) is 0 Å². The number of nitrogens with one attached hydrogen (secondary N) is 1. The number of hydrogen-bond acceptors (Lipinski definition) is 1. The number of rotatable bonds is 6. The molecule has 0 aliphatic carbocycles. The Balaban J connectivity index is 2.46. The highest BCUT2D eigenvalue weighted by atomic mass is 79.9. The lowest BCUT2D eigenvalue weighted by atomic mass is 10.0. The van der Waals surface area contributed by atoms with Crippen LogP contribution in [0.15, 0.2) is 18.2 Å². The number of aryl methyl sites for hydroxylation is 2. The number of amides is 1. The summed E-state index contributed by atoms with van der Waals surface area (Å²) in [5.41, 5.74) is 3.60. The second-order valence-electron chi connectivity index (χ2n) is 4.90. The molecule has 100 valence electrons. The Labute approximate surface area is 118 Å². The Morgan fingerprint density at radius 1 is 1.33 bits per heavy atom. The molecule has 0 bridgehead atoms. The van der Waals surface area contributed by atoms with Crippen LogP contribution in [-0.4, -0.2) is 17.3 Å². The molecule has 1 atom stereocenters. The van der Waals surface area contributed by atoms with E-state index < -0.39 is 0 Å². The van der Waals surface area contributed by atoms with Gasteiger partial charge in [-0.25, -0.2) is 0 Å². The van der Waals surface area contributed by atoms with Crippen LogP contribution in [0.3, 0.4) is 0 Å². The summed E-state index contributed by atoms with van der Waals surface area (Å²) in [7, 11) is 0. The van der Waals surface area contributed by atoms with Crippen LogP contribution in [0, 0.1) is 13.8 Å². The van der Waals surface area contributed by atoms with Crippen molar-refractivity contribution in [1.29, 1.82) is 0 Å². The van der Waals surface area contributed by atoms with Crippen LogP contribution in [0.25, 0.3) is 0 Å². The highest BCUT2D eigenvalue weighted by Crippen LogP contribution is 2.10. The summed E-state index contributed by atoms with van der Waals surface area (Å²) in [5.74, 6) is 0.111. The first-order valence-electron chi connectivity index (χ1n) is 6.44. The molecular formula is C15H22BrNO. The molecule has 0 heterocycles. The minimum atomic E-state index is 0.111. The molecule has 1 amide bonds. The van der Waals surface area contributed by atoms with E-state index in [1.165, 1.54) is 11.1 Å². The number of hydrogen-bond donors (Lipinski definition) is 1. The first-order chi connectivity index (χ1) is 8.52. The molecule has 0 aliphatic heterocycles. The van der Waals surface area contributed by atoms with Gasteiger partial charge in [0.05, 0.1) is 6.42 Å². The maximum absolute atomic E-state index is 11.9. The molecule has 0 aliphatic rings. The predicted molar refractivity (Wildman–Crippen MR) is 80.3 cm³/mol. The summed E-state index contributed by atoms with van der Waals surface area (Å²) < 4.78 is 0. The fraction of sp³-hybridized carbons (Fsp3) is 0.533. The van der Waals surface area contributed by atoms with Gasteiger partial charge in [0.1, 0.15) is 0 Å². The molecule has 0 aromatic heterocycles. The highest BCUT2D eigenvalue weighted by molar-refractivity contribution is 9.09. The Morgan fingerprint density at radius 3 is 2.67 bits per heavy atom. The van der Waals surface area contributed by atoms with Gasteiger partial charge in [0, 0.05) is 11.4 Å². The van der Waals surface area contributed by atoms with Gasteiger partial charge in [0.25, 0.3) is 0 Å². The van der Waals surface area contributed by atoms with Crippen LogP contribution in [0.2, 0.25) is 0 Å². The average Bonchev–Trinajstić information content (AvgIpc) is 2.31. The molecule has 1 N–H and O–H groups in total. The normalized spacial score (nSPS) is 12.2. The first-order valence-corrected chi connectivity index (χ1v) is 7.56. The maximum Gasteiger partial charge on any atom is 0.224 e. The van der Waals surface area contributed by atoms with E-state index in [9.17, 15) is 4.79 Å². The minimum absolute atomic E-state index is 0.111. The summed E-state index contributed by atoms with van der Waals surface area (Å²) in [4.78, 5) is 11.9. The Hall–Kier alpha value is -0.830. The van der Waals surface area contributed by atoms with E-state index in [1.807, 2.05) is 6.07 Å². The van der Waals surface area contributed by atoms with Crippen LogP contribution in [0.4, 0.5) is 0 Å². The fourth-order valence-corrected chi connectivity index (χ4v) is 2.20. The molecule has 1 rings (SSSR count). The van der Waals surface area contributed by atoms with Gasteiger partial charge in [0.2, 0.25) is 5.91 Å². The quantitative estimate of drug-likeness (QED) is 0.800. The standard InChI is InChI=1S/C15H22BrNO/c1-11-6-7-14(9-12(11)2)10-15(18)17-13(3)5-4-8-16/h6-7,9,13H,4-5,8,10H2,1-3H3,(H,17,18). The van der Waals surface area contributed by atoms with E-state index in [-0.39, 0.29) is 11.9 Å². The zero-order valence-corrected chi connectivity index (χ0v) is 13.0. The average molecular weight is 312 g/mol. The predicted octanol–water partition coefficient (Wildman–Crippen LogP) is 3.53. The molecular weight excluding hydrogens is 290 g/mol. The summed E-state index contributed by atoms with van der Waals surface area (Å²) in [6.45, 7) is 6.22. The molecule has 0 saturated carbocycles. The van der Waals surface area contributed by atoms with Gasteiger partial charge in [-0.15, -0.1) is 0 Å². The third-order valence-corrected chi connectivity index (χ3v) is 3.67. The van der Waals surface area contributed by atoms with Crippen LogP contribution in [0.1, 0.15) is 36.5 Å². The molecule has 0 spiro atoms. The van der Waals surface area contributed by atoms with E-state index in [0.29, 0.717) is 6.42 Å². The number of benzene rings is 1. The van der Waals surface area contributed by atoms with Crippen molar-refractivity contribution in [3.8, 4) is 0 Å². The van der Waals surface area contributed by atoms with Gasteiger partial charge in [-0.1, -0.05) is 34.1 Å². The van der Waals surface area contributed by atoms with E-state index in [2.05, 4.69) is 54.2 Å². The van der Waals surface area contributed by atoms with Gasteiger partial charge < -0.3 is 5.32 Å². The van der Waals surface area contributed by atoms with Gasteiger partial charge in [0.15, 0.2) is 0 Å². The van der Waals surface area contributed by atoms with Crippen molar-refractivity contribution in [2.75, 3.05) is 5.33 Å². The molecule has 3 heteroatoms. The van der Waals surface area contributed by atoms with Crippen molar-refractivity contribution in [3.05, 3.63) is 34.9 Å². The van der Waals surface area contributed by atoms with Crippen LogP contribution >= 0.6 is 15.9 Å². The summed E-state index contributed by atoms with van der Waals surface area (Å²) >= 11 is 3.40. The van der Waals surface area contributed by atoms with Crippen molar-refractivity contribution >= 4 is 21.8 Å². The smallest absolute Gasteiger partial charge is 0.224 e. The maximum atomic E-state index is 11.9. The fourth-order valence-electron chi connectivity index (χ4n) is 1.88. The molecule has 2 nitrogen and oxygen atoms in total. The second kappa shape index (κ2) is 7.57. The van der Waals surface area contributed by atoms with Crippen molar-refractivity contribution in [2.24, 2.45) is 0 Å². The number of carbonyl (C=O) groups excluding carboxylic acids is 1. The van der Waals surface area contributed by atoms with Gasteiger partial charge in [-0.3, -0.25) is 4.79 Å². The largest absolute Gasteiger partial charge is 0.353 e. The zero-order chi connectivity index (χ0) is 13.5. The Bertz CT molecular complexity index is 403. The molecule has 1 aromatic rings. The van der Waals surface area contributed by atoms with Gasteiger partial charge in [-0.05, 0) is 50.3 Å². The highest BCUT2D eigenvalue weighted by Gasteiger charge is 2.08. The minimum Gasteiger partial charge on any atom is -0.353 e. The number of carbonyl (C=O) groups is 1. The third-order valence-electron chi connectivity index (χ3n) is 3.11. The molecule has 0 radical (unpaired) electrons. The first kappa shape index (κ1) is 15.2. The Kier molecular flexibility index (Phi) is 6.41. The van der Waals surface area contributed by atoms with Crippen LogP contribution in [0.5, 0.6) is 0 Å². The lowest BCUT2D eigenvalue weighted by Gasteiger charge is -2.13.